The predicted octanol–water partition coefficient (Wildman–Crippen LogP) is 4.77. The Labute approximate surface area is 182 Å². The van der Waals surface area contributed by atoms with Crippen molar-refractivity contribution in [1.29, 1.82) is 0 Å². The molecule has 6 nitrogen and oxygen atoms in total. The summed E-state index contributed by atoms with van der Waals surface area (Å²) >= 11 is 5.84. The molecule has 0 unspecified atom stereocenters. The summed E-state index contributed by atoms with van der Waals surface area (Å²) in [5.74, 6) is 1.17. The first kappa shape index (κ1) is 22.0. The number of nitrogens with zero attached hydrogens (tertiary/aromatic N) is 1. The molecule has 1 heterocycles. The van der Waals surface area contributed by atoms with Gasteiger partial charge in [-0.05, 0) is 56.2 Å². The summed E-state index contributed by atoms with van der Waals surface area (Å²) in [5.41, 5.74) is 0.661. The molecule has 2 amide bonds. The van der Waals surface area contributed by atoms with Gasteiger partial charge in [-0.1, -0.05) is 25.4 Å². The van der Waals surface area contributed by atoms with E-state index in [1.54, 1.807) is 41.3 Å². The Morgan fingerprint density at radius 1 is 1.23 bits per heavy atom. The van der Waals surface area contributed by atoms with Crippen LogP contribution in [0.15, 0.2) is 42.5 Å². The van der Waals surface area contributed by atoms with Crippen LogP contribution in [0.2, 0.25) is 5.02 Å². The average molecular weight is 431 g/mol. The molecule has 0 radical (unpaired) electrons. The summed E-state index contributed by atoms with van der Waals surface area (Å²) in [6.07, 6.45) is 0. The predicted molar refractivity (Wildman–Crippen MR) is 118 cm³/mol. The zero-order valence-electron chi connectivity index (χ0n) is 17.7. The Hall–Kier alpha value is -2.73. The number of hydrogen-bond donors (Lipinski definition) is 1. The molecule has 30 heavy (non-hydrogen) atoms. The second kappa shape index (κ2) is 8.96. The van der Waals surface area contributed by atoms with E-state index in [4.69, 9.17) is 21.1 Å². The number of anilines is 2. The highest BCUT2D eigenvalue weighted by molar-refractivity contribution is 6.30. The van der Waals surface area contributed by atoms with E-state index in [1.807, 2.05) is 19.9 Å². The van der Waals surface area contributed by atoms with Gasteiger partial charge in [0.2, 0.25) is 5.91 Å². The molecule has 2 aromatic carbocycles. The van der Waals surface area contributed by atoms with Gasteiger partial charge in [0.25, 0.3) is 5.91 Å². The Kier molecular flexibility index (Phi) is 6.56. The van der Waals surface area contributed by atoms with Crippen molar-refractivity contribution in [3.05, 3.63) is 47.5 Å². The third-order valence-electron chi connectivity index (χ3n) is 4.68. The molecule has 3 rings (SSSR count). The molecule has 160 valence electrons. The van der Waals surface area contributed by atoms with Crippen molar-refractivity contribution in [2.45, 2.75) is 27.7 Å². The first-order chi connectivity index (χ1) is 14.2. The zero-order chi connectivity index (χ0) is 21.9. The monoisotopic (exact) mass is 430 g/mol. The molecule has 1 aliphatic heterocycles. The quantitative estimate of drug-likeness (QED) is 0.717. The van der Waals surface area contributed by atoms with Gasteiger partial charge in [0, 0.05) is 23.3 Å². The molecule has 1 N–H and O–H groups in total. The van der Waals surface area contributed by atoms with Crippen molar-refractivity contribution in [1.82, 2.24) is 0 Å². The van der Waals surface area contributed by atoms with Crippen LogP contribution in [0.1, 0.15) is 27.7 Å². The Bertz CT molecular complexity index is 925. The second-order valence-electron chi connectivity index (χ2n) is 8.46. The summed E-state index contributed by atoms with van der Waals surface area (Å²) in [6.45, 7) is 8.63. The molecule has 0 aliphatic carbocycles. The number of carbonyl (C=O) groups is 2. The van der Waals surface area contributed by atoms with Gasteiger partial charge in [-0.25, -0.2) is 0 Å². The Balaban J connectivity index is 1.73. The molecule has 2 aromatic rings. The van der Waals surface area contributed by atoms with Gasteiger partial charge in [-0.3, -0.25) is 9.59 Å². The van der Waals surface area contributed by atoms with E-state index in [0.717, 1.165) is 5.69 Å². The first-order valence-corrected chi connectivity index (χ1v) is 10.3. The smallest absolute Gasteiger partial charge is 0.262 e. The fourth-order valence-electron chi connectivity index (χ4n) is 3.15. The van der Waals surface area contributed by atoms with Crippen LogP contribution in [0.25, 0.3) is 0 Å². The molecule has 0 bridgehead atoms. The van der Waals surface area contributed by atoms with Gasteiger partial charge in [0.1, 0.15) is 18.1 Å². The summed E-state index contributed by atoms with van der Waals surface area (Å²) in [5, 5.41) is 3.41. The van der Waals surface area contributed by atoms with Crippen molar-refractivity contribution < 1.29 is 19.1 Å². The zero-order valence-corrected chi connectivity index (χ0v) is 18.5. The van der Waals surface area contributed by atoms with Crippen molar-refractivity contribution in [2.24, 2.45) is 11.3 Å². The standard InChI is InChI=1S/C23H27ClN2O4/c1-15(2)12-26-19-10-7-17(11-20(19)30-14-23(3,4)22(26)28)25-21(27)13-29-18-8-5-16(24)6-9-18/h5-11,15H,12-14H2,1-4H3,(H,25,27). The molecule has 7 heteroatoms. The highest BCUT2D eigenvalue weighted by Gasteiger charge is 2.38. The average Bonchev–Trinajstić information content (AvgIpc) is 2.77. The topological polar surface area (TPSA) is 67.9 Å². The lowest BCUT2D eigenvalue weighted by molar-refractivity contribution is -0.127. The van der Waals surface area contributed by atoms with Gasteiger partial charge in [0.05, 0.1) is 11.1 Å². The lowest BCUT2D eigenvalue weighted by atomic mass is 9.92. The lowest BCUT2D eigenvalue weighted by Crippen LogP contribution is -2.43. The van der Waals surface area contributed by atoms with Gasteiger partial charge in [-0.15, -0.1) is 0 Å². The third-order valence-corrected chi connectivity index (χ3v) is 4.93. The summed E-state index contributed by atoms with van der Waals surface area (Å²) in [6, 6.07) is 12.1. The van der Waals surface area contributed by atoms with Crippen LogP contribution in [-0.2, 0) is 9.59 Å². The van der Waals surface area contributed by atoms with Gasteiger partial charge >= 0.3 is 0 Å². The highest BCUT2D eigenvalue weighted by atomic mass is 35.5. The van der Waals surface area contributed by atoms with E-state index >= 15 is 0 Å². The van der Waals surface area contributed by atoms with Gasteiger partial charge < -0.3 is 19.7 Å². The van der Waals surface area contributed by atoms with Crippen LogP contribution in [0.4, 0.5) is 11.4 Å². The van der Waals surface area contributed by atoms with Crippen LogP contribution in [-0.4, -0.2) is 31.6 Å². The maximum Gasteiger partial charge on any atom is 0.262 e. The number of carbonyl (C=O) groups excluding carboxylic acids is 2. The highest BCUT2D eigenvalue weighted by Crippen LogP contribution is 2.38. The van der Waals surface area contributed by atoms with E-state index in [-0.39, 0.29) is 25.0 Å². The second-order valence-corrected chi connectivity index (χ2v) is 8.89. The van der Waals surface area contributed by atoms with Crippen molar-refractivity contribution in [2.75, 3.05) is 30.0 Å². The van der Waals surface area contributed by atoms with Gasteiger partial charge in [0.15, 0.2) is 6.61 Å². The number of ether oxygens (including phenoxy) is 2. The molecule has 0 atom stereocenters. The number of benzene rings is 2. The Morgan fingerprint density at radius 2 is 1.93 bits per heavy atom. The largest absolute Gasteiger partial charge is 0.490 e. The number of fused-ring (bicyclic) bond motifs is 1. The van der Waals surface area contributed by atoms with E-state index in [9.17, 15) is 9.59 Å². The maximum atomic E-state index is 13.0. The van der Waals surface area contributed by atoms with E-state index in [1.165, 1.54) is 0 Å². The number of hydrogen-bond acceptors (Lipinski definition) is 4. The molecular weight excluding hydrogens is 404 g/mol. The molecule has 0 saturated heterocycles. The van der Waals surface area contributed by atoms with Crippen molar-refractivity contribution >= 4 is 34.8 Å². The molecule has 0 aromatic heterocycles. The first-order valence-electron chi connectivity index (χ1n) is 9.93. The van der Waals surface area contributed by atoms with Crippen LogP contribution < -0.4 is 19.7 Å². The number of rotatable bonds is 6. The van der Waals surface area contributed by atoms with Crippen LogP contribution in [0.3, 0.4) is 0 Å². The lowest BCUT2D eigenvalue weighted by Gasteiger charge is -2.29. The van der Waals surface area contributed by atoms with Crippen molar-refractivity contribution in [3.63, 3.8) is 0 Å². The van der Waals surface area contributed by atoms with E-state index in [0.29, 0.717) is 34.7 Å². The third kappa shape index (κ3) is 5.25. The van der Waals surface area contributed by atoms with Crippen LogP contribution >= 0.6 is 11.6 Å². The maximum absolute atomic E-state index is 13.0. The Morgan fingerprint density at radius 3 is 2.60 bits per heavy atom. The SMILES string of the molecule is CC(C)CN1C(=O)C(C)(C)COc2cc(NC(=O)COc3ccc(Cl)cc3)ccc21. The minimum absolute atomic E-state index is 0.0306. The molecule has 0 fully saturated rings. The van der Waals surface area contributed by atoms with E-state index in [2.05, 4.69) is 19.2 Å². The summed E-state index contributed by atoms with van der Waals surface area (Å²) in [4.78, 5) is 27.1. The van der Waals surface area contributed by atoms with Gasteiger partial charge in [-0.2, -0.15) is 0 Å². The molecular formula is C23H27ClN2O4. The fourth-order valence-corrected chi connectivity index (χ4v) is 3.27. The van der Waals surface area contributed by atoms with E-state index < -0.39 is 5.41 Å². The minimum atomic E-state index is -0.635. The summed E-state index contributed by atoms with van der Waals surface area (Å²) in [7, 11) is 0. The van der Waals surface area contributed by atoms with Crippen LogP contribution in [0.5, 0.6) is 11.5 Å². The fraction of sp³-hybridized carbons (Fsp3) is 0.391. The molecule has 0 saturated carbocycles. The summed E-state index contributed by atoms with van der Waals surface area (Å²) < 4.78 is 11.4. The number of halogens is 1. The molecule has 1 aliphatic rings. The van der Waals surface area contributed by atoms with Crippen molar-refractivity contribution in [3.8, 4) is 11.5 Å². The minimum Gasteiger partial charge on any atom is -0.490 e. The number of amides is 2. The van der Waals surface area contributed by atoms with Crippen LogP contribution in [0, 0.1) is 11.3 Å². The number of nitrogens with one attached hydrogen (secondary N) is 1. The molecule has 0 spiro atoms. The normalized spacial score (nSPS) is 15.3.